The Bertz CT molecular complexity index is 919. The molecule has 6 nitrogen and oxygen atoms in total. The zero-order valence-corrected chi connectivity index (χ0v) is 12.8. The van der Waals surface area contributed by atoms with Crippen LogP contribution in [0.25, 0.3) is 16.9 Å². The lowest BCUT2D eigenvalue weighted by Gasteiger charge is -2.10. The molecule has 3 heterocycles. The number of fused-ring (bicyclic) bond motifs is 1. The molecule has 3 aromatic heterocycles. The molecule has 0 aliphatic heterocycles. The number of rotatable bonds is 3. The van der Waals surface area contributed by atoms with Gasteiger partial charge in [0.1, 0.15) is 11.5 Å². The van der Waals surface area contributed by atoms with E-state index in [4.69, 9.17) is 11.6 Å². The number of aromatic nitrogens is 5. The molecule has 0 bridgehead atoms. The molecular formula is C14H10ClF3N6. The summed E-state index contributed by atoms with van der Waals surface area (Å²) in [5.74, 6) is -1.12. The summed E-state index contributed by atoms with van der Waals surface area (Å²) in [6.45, 7) is 0. The van der Waals surface area contributed by atoms with Gasteiger partial charge in [0.15, 0.2) is 17.0 Å². The van der Waals surface area contributed by atoms with Gasteiger partial charge < -0.3 is 5.32 Å². The number of nitrogens with one attached hydrogen (secondary N) is 1. The number of hydrogen-bond donors (Lipinski definition) is 1. The molecule has 3 aromatic rings. The Kier molecular flexibility index (Phi) is 3.34. The number of imidazole rings is 1. The van der Waals surface area contributed by atoms with Gasteiger partial charge in [-0.15, -0.1) is 0 Å². The number of anilines is 1. The Balaban J connectivity index is 1.93. The first-order valence-electron chi connectivity index (χ1n) is 7.12. The third-order valence-electron chi connectivity index (χ3n) is 3.56. The van der Waals surface area contributed by atoms with Crippen molar-refractivity contribution in [3.05, 3.63) is 35.6 Å². The van der Waals surface area contributed by atoms with E-state index in [1.807, 2.05) is 0 Å². The summed E-state index contributed by atoms with van der Waals surface area (Å²) >= 11 is 5.86. The van der Waals surface area contributed by atoms with E-state index in [0.717, 1.165) is 12.8 Å². The second kappa shape index (κ2) is 5.30. The molecule has 0 atom stereocenters. The van der Waals surface area contributed by atoms with Gasteiger partial charge in [-0.05, 0) is 25.0 Å². The van der Waals surface area contributed by atoms with Gasteiger partial charge in [0.05, 0.1) is 5.69 Å². The predicted octanol–water partition coefficient (Wildman–Crippen LogP) is 3.46. The van der Waals surface area contributed by atoms with Crippen molar-refractivity contribution in [3.63, 3.8) is 0 Å². The summed E-state index contributed by atoms with van der Waals surface area (Å²) < 4.78 is 40.8. The van der Waals surface area contributed by atoms with Crippen LogP contribution < -0.4 is 5.32 Å². The average molecular weight is 355 g/mol. The minimum absolute atomic E-state index is 0.0581. The summed E-state index contributed by atoms with van der Waals surface area (Å²) in [6, 6.07) is 3.26. The SMILES string of the molecule is FC(F)(F)c1nc(NC2CC2)c2ncn(-c3ccnc(Cl)c3)c2n1. The Morgan fingerprint density at radius 2 is 2.00 bits per heavy atom. The lowest BCUT2D eigenvalue weighted by Crippen LogP contribution is -2.15. The molecule has 4 rings (SSSR count). The van der Waals surface area contributed by atoms with E-state index in [1.54, 1.807) is 6.07 Å². The van der Waals surface area contributed by atoms with Gasteiger partial charge in [0.25, 0.3) is 0 Å². The second-order valence-corrected chi connectivity index (χ2v) is 5.82. The minimum Gasteiger partial charge on any atom is -0.365 e. The maximum atomic E-state index is 13.1. The van der Waals surface area contributed by atoms with Crippen LogP contribution in [0.15, 0.2) is 24.7 Å². The van der Waals surface area contributed by atoms with Gasteiger partial charge in [-0.1, -0.05) is 11.6 Å². The van der Waals surface area contributed by atoms with E-state index in [-0.39, 0.29) is 28.2 Å². The van der Waals surface area contributed by atoms with E-state index in [0.29, 0.717) is 5.69 Å². The highest BCUT2D eigenvalue weighted by Crippen LogP contribution is 2.33. The van der Waals surface area contributed by atoms with Gasteiger partial charge in [0, 0.05) is 12.2 Å². The number of alkyl halides is 3. The summed E-state index contributed by atoms with van der Waals surface area (Å²) in [4.78, 5) is 15.3. The third-order valence-corrected chi connectivity index (χ3v) is 3.76. The lowest BCUT2D eigenvalue weighted by atomic mass is 10.4. The largest absolute Gasteiger partial charge is 0.451 e. The summed E-state index contributed by atoms with van der Waals surface area (Å²) in [6.07, 6.45) is -0.0118. The summed E-state index contributed by atoms with van der Waals surface area (Å²) in [5.41, 5.74) is 0.854. The quantitative estimate of drug-likeness (QED) is 0.729. The Morgan fingerprint density at radius 1 is 1.21 bits per heavy atom. The van der Waals surface area contributed by atoms with Crippen molar-refractivity contribution in [1.29, 1.82) is 0 Å². The van der Waals surface area contributed by atoms with Crippen molar-refractivity contribution < 1.29 is 13.2 Å². The van der Waals surface area contributed by atoms with Crippen LogP contribution in [0.1, 0.15) is 18.7 Å². The molecule has 0 unspecified atom stereocenters. The van der Waals surface area contributed by atoms with Gasteiger partial charge in [-0.25, -0.2) is 19.9 Å². The van der Waals surface area contributed by atoms with Crippen molar-refractivity contribution >= 4 is 28.6 Å². The molecule has 24 heavy (non-hydrogen) atoms. The maximum absolute atomic E-state index is 13.1. The van der Waals surface area contributed by atoms with E-state index in [9.17, 15) is 13.2 Å². The summed E-state index contributed by atoms with van der Waals surface area (Å²) in [7, 11) is 0. The predicted molar refractivity (Wildman–Crippen MR) is 81.1 cm³/mol. The fraction of sp³-hybridized carbons (Fsp3) is 0.286. The van der Waals surface area contributed by atoms with Crippen LogP contribution in [-0.2, 0) is 6.18 Å². The summed E-state index contributed by atoms with van der Waals surface area (Å²) in [5, 5.41) is 3.20. The molecule has 0 saturated heterocycles. The van der Waals surface area contributed by atoms with Crippen LogP contribution in [0, 0.1) is 0 Å². The van der Waals surface area contributed by atoms with E-state index in [1.165, 1.54) is 23.2 Å². The molecule has 0 radical (unpaired) electrons. The highest BCUT2D eigenvalue weighted by atomic mass is 35.5. The van der Waals surface area contributed by atoms with Crippen LogP contribution in [0.2, 0.25) is 5.15 Å². The molecule has 0 amide bonds. The zero-order valence-electron chi connectivity index (χ0n) is 12.0. The molecule has 0 aromatic carbocycles. The molecule has 1 aliphatic carbocycles. The van der Waals surface area contributed by atoms with Gasteiger partial charge in [0.2, 0.25) is 5.82 Å². The Hall–Kier alpha value is -2.42. The first-order chi connectivity index (χ1) is 11.4. The zero-order chi connectivity index (χ0) is 16.9. The van der Waals surface area contributed by atoms with Crippen LogP contribution in [0.4, 0.5) is 19.0 Å². The molecule has 1 aliphatic rings. The van der Waals surface area contributed by atoms with Crippen LogP contribution in [-0.4, -0.2) is 30.5 Å². The van der Waals surface area contributed by atoms with Gasteiger partial charge in [-0.2, -0.15) is 13.2 Å². The molecule has 1 fully saturated rings. The standard InChI is InChI=1S/C14H10ClF3N6/c15-9-5-8(3-4-19-9)24-6-20-10-11(21-7-1-2-7)22-13(14(16,17)18)23-12(10)24/h3-7H,1-2H2,(H,21,22,23). The maximum Gasteiger partial charge on any atom is 0.451 e. The number of halogens is 4. The van der Waals surface area contributed by atoms with Gasteiger partial charge in [-0.3, -0.25) is 4.57 Å². The van der Waals surface area contributed by atoms with Gasteiger partial charge >= 0.3 is 6.18 Å². The van der Waals surface area contributed by atoms with Crippen LogP contribution >= 0.6 is 11.6 Å². The molecule has 1 N–H and O–H groups in total. The van der Waals surface area contributed by atoms with Crippen molar-refractivity contribution in [3.8, 4) is 5.69 Å². The van der Waals surface area contributed by atoms with E-state index >= 15 is 0 Å². The van der Waals surface area contributed by atoms with Crippen molar-refractivity contribution in [1.82, 2.24) is 24.5 Å². The molecular weight excluding hydrogens is 345 g/mol. The molecule has 0 spiro atoms. The lowest BCUT2D eigenvalue weighted by molar-refractivity contribution is -0.144. The van der Waals surface area contributed by atoms with Crippen molar-refractivity contribution in [2.24, 2.45) is 0 Å². The molecule has 1 saturated carbocycles. The van der Waals surface area contributed by atoms with Crippen molar-refractivity contribution in [2.45, 2.75) is 25.1 Å². The highest BCUT2D eigenvalue weighted by molar-refractivity contribution is 6.29. The van der Waals surface area contributed by atoms with E-state index in [2.05, 4.69) is 25.3 Å². The third kappa shape index (κ3) is 2.75. The Labute approximate surface area is 138 Å². The number of nitrogens with zero attached hydrogens (tertiary/aromatic N) is 5. The number of hydrogen-bond acceptors (Lipinski definition) is 5. The van der Waals surface area contributed by atoms with Crippen molar-refractivity contribution in [2.75, 3.05) is 5.32 Å². The number of pyridine rings is 1. The van der Waals surface area contributed by atoms with Crippen LogP contribution in [0.5, 0.6) is 0 Å². The first-order valence-corrected chi connectivity index (χ1v) is 7.50. The van der Waals surface area contributed by atoms with E-state index < -0.39 is 12.0 Å². The molecule has 124 valence electrons. The Morgan fingerprint density at radius 3 is 2.67 bits per heavy atom. The monoisotopic (exact) mass is 354 g/mol. The van der Waals surface area contributed by atoms with Crippen LogP contribution in [0.3, 0.4) is 0 Å². The average Bonchev–Trinajstić information content (AvgIpc) is 3.22. The highest BCUT2D eigenvalue weighted by Gasteiger charge is 2.37. The minimum atomic E-state index is -4.65. The second-order valence-electron chi connectivity index (χ2n) is 5.44. The normalized spacial score (nSPS) is 15.0. The molecule has 10 heteroatoms. The topological polar surface area (TPSA) is 68.5 Å². The smallest absolute Gasteiger partial charge is 0.365 e. The first kappa shape index (κ1) is 15.1. The fourth-order valence-corrected chi connectivity index (χ4v) is 2.45. The fourth-order valence-electron chi connectivity index (χ4n) is 2.28.